The Labute approximate surface area is 117 Å². The van der Waals surface area contributed by atoms with Crippen molar-refractivity contribution in [1.82, 2.24) is 0 Å². The van der Waals surface area contributed by atoms with Gasteiger partial charge in [-0.1, -0.05) is 19.3 Å². The third-order valence-electron chi connectivity index (χ3n) is 3.81. The summed E-state index contributed by atoms with van der Waals surface area (Å²) in [6.45, 7) is 0.284. The number of hydrogen-bond donors (Lipinski definition) is 1. The highest BCUT2D eigenvalue weighted by atomic mass is 19.1. The van der Waals surface area contributed by atoms with Crippen molar-refractivity contribution in [3.8, 4) is 0 Å². The molecule has 0 heterocycles. The van der Waals surface area contributed by atoms with Crippen LogP contribution in [0.1, 0.15) is 32.1 Å². The number of nitro groups is 1. The van der Waals surface area contributed by atoms with Gasteiger partial charge in [-0.2, -0.15) is 0 Å². The maximum absolute atomic E-state index is 14.1. The van der Waals surface area contributed by atoms with E-state index in [-0.39, 0.29) is 18.3 Å². The third kappa shape index (κ3) is 3.25. The molecule has 0 radical (unpaired) electrons. The number of benzene rings is 1. The van der Waals surface area contributed by atoms with Gasteiger partial charge in [-0.15, -0.1) is 0 Å². The molecule has 1 aromatic carbocycles. The molecule has 0 amide bonds. The van der Waals surface area contributed by atoms with Crippen molar-refractivity contribution >= 4 is 11.4 Å². The van der Waals surface area contributed by atoms with Crippen LogP contribution in [0, 0.1) is 15.9 Å². The van der Waals surface area contributed by atoms with E-state index in [0.29, 0.717) is 12.2 Å². The number of non-ortho nitro benzene ring substituents is 1. The number of rotatable bonds is 5. The molecule has 2 rings (SSSR count). The van der Waals surface area contributed by atoms with Crippen molar-refractivity contribution in [3.05, 3.63) is 34.1 Å². The van der Waals surface area contributed by atoms with Crippen LogP contribution in [0.5, 0.6) is 0 Å². The molecule has 20 heavy (non-hydrogen) atoms. The van der Waals surface area contributed by atoms with Gasteiger partial charge in [0.15, 0.2) is 5.82 Å². The van der Waals surface area contributed by atoms with E-state index in [2.05, 4.69) is 0 Å². The molecule has 0 saturated heterocycles. The van der Waals surface area contributed by atoms with E-state index in [1.54, 1.807) is 0 Å². The van der Waals surface area contributed by atoms with Gasteiger partial charge in [-0.3, -0.25) is 10.1 Å². The lowest BCUT2D eigenvalue weighted by Gasteiger charge is -2.35. The average Bonchev–Trinajstić information content (AvgIpc) is 2.46. The van der Waals surface area contributed by atoms with Crippen molar-refractivity contribution in [2.24, 2.45) is 0 Å². The summed E-state index contributed by atoms with van der Waals surface area (Å²) in [5.74, 6) is -0.599. The van der Waals surface area contributed by atoms with Gasteiger partial charge in [0.25, 0.3) is 5.69 Å². The van der Waals surface area contributed by atoms with Gasteiger partial charge in [0, 0.05) is 18.7 Å². The molecule has 5 nitrogen and oxygen atoms in total. The largest absolute Gasteiger partial charge is 0.395 e. The van der Waals surface area contributed by atoms with Crippen LogP contribution in [0.3, 0.4) is 0 Å². The van der Waals surface area contributed by atoms with Gasteiger partial charge in [-0.25, -0.2) is 4.39 Å². The van der Waals surface area contributed by atoms with Gasteiger partial charge >= 0.3 is 0 Å². The summed E-state index contributed by atoms with van der Waals surface area (Å²) < 4.78 is 14.1. The average molecular weight is 282 g/mol. The molecule has 1 saturated carbocycles. The molecule has 110 valence electrons. The Kier molecular flexibility index (Phi) is 4.89. The third-order valence-corrected chi connectivity index (χ3v) is 3.81. The highest BCUT2D eigenvalue weighted by Crippen LogP contribution is 2.30. The molecule has 0 aliphatic heterocycles. The van der Waals surface area contributed by atoms with Crippen molar-refractivity contribution in [3.63, 3.8) is 0 Å². The zero-order valence-corrected chi connectivity index (χ0v) is 11.3. The van der Waals surface area contributed by atoms with Gasteiger partial charge in [0.05, 0.1) is 23.3 Å². The predicted octanol–water partition coefficient (Wildman–Crippen LogP) is 2.87. The first-order chi connectivity index (χ1) is 9.63. The minimum absolute atomic E-state index is 0.0626. The topological polar surface area (TPSA) is 66.6 Å². The number of anilines is 1. The van der Waals surface area contributed by atoms with Crippen LogP contribution < -0.4 is 4.90 Å². The summed E-state index contributed by atoms with van der Waals surface area (Å²) in [6, 6.07) is 3.90. The summed E-state index contributed by atoms with van der Waals surface area (Å²) >= 11 is 0. The molecule has 1 N–H and O–H groups in total. The predicted molar refractivity (Wildman–Crippen MR) is 74.4 cm³/mol. The fourth-order valence-electron chi connectivity index (χ4n) is 2.84. The van der Waals surface area contributed by atoms with E-state index in [9.17, 15) is 19.6 Å². The first kappa shape index (κ1) is 14.7. The van der Waals surface area contributed by atoms with E-state index in [4.69, 9.17) is 0 Å². The smallest absolute Gasteiger partial charge is 0.272 e. The molecule has 0 bridgehead atoms. The lowest BCUT2D eigenvalue weighted by Crippen LogP contribution is -2.39. The molecule has 1 fully saturated rings. The number of hydrogen-bond acceptors (Lipinski definition) is 4. The highest BCUT2D eigenvalue weighted by molar-refractivity contribution is 5.53. The molecule has 1 aromatic rings. The minimum Gasteiger partial charge on any atom is -0.395 e. The normalized spacial score (nSPS) is 16.1. The molecule has 0 unspecified atom stereocenters. The Hall–Kier alpha value is -1.69. The van der Waals surface area contributed by atoms with Crippen molar-refractivity contribution in [2.75, 3.05) is 18.1 Å². The maximum atomic E-state index is 14.1. The molecule has 0 aromatic heterocycles. The lowest BCUT2D eigenvalue weighted by molar-refractivity contribution is -0.385. The second kappa shape index (κ2) is 6.65. The van der Waals surface area contributed by atoms with Crippen molar-refractivity contribution in [2.45, 2.75) is 38.1 Å². The van der Waals surface area contributed by atoms with E-state index >= 15 is 0 Å². The monoisotopic (exact) mass is 282 g/mol. The zero-order chi connectivity index (χ0) is 14.5. The van der Waals surface area contributed by atoms with E-state index in [1.807, 2.05) is 4.90 Å². The fraction of sp³-hybridized carbons (Fsp3) is 0.571. The van der Waals surface area contributed by atoms with Crippen LogP contribution in [0.4, 0.5) is 15.8 Å². The van der Waals surface area contributed by atoms with Crippen LogP contribution >= 0.6 is 0 Å². The zero-order valence-electron chi connectivity index (χ0n) is 11.3. The summed E-state index contributed by atoms with van der Waals surface area (Å²) in [4.78, 5) is 11.9. The molecule has 0 atom stereocenters. The van der Waals surface area contributed by atoms with Crippen molar-refractivity contribution < 1.29 is 14.4 Å². The minimum atomic E-state index is -0.607. The Morgan fingerprint density at radius 1 is 1.35 bits per heavy atom. The SMILES string of the molecule is O=[N+]([O-])c1ccc(N(CCO)C2CCCCC2)c(F)c1. The van der Waals surface area contributed by atoms with E-state index in [1.165, 1.54) is 18.6 Å². The first-order valence-corrected chi connectivity index (χ1v) is 6.95. The Morgan fingerprint density at radius 2 is 2.05 bits per heavy atom. The molecule has 1 aliphatic rings. The second-order valence-electron chi connectivity index (χ2n) is 5.10. The van der Waals surface area contributed by atoms with Gasteiger partial charge in [-0.05, 0) is 18.9 Å². The summed E-state index contributed by atoms with van der Waals surface area (Å²) in [5, 5.41) is 19.8. The van der Waals surface area contributed by atoms with Gasteiger partial charge < -0.3 is 10.0 Å². The standard InChI is InChI=1S/C14H19FN2O3/c15-13-10-12(17(19)20)6-7-14(13)16(8-9-18)11-4-2-1-3-5-11/h6-7,10-11,18H,1-5,8-9H2. The Balaban J connectivity index is 2.26. The van der Waals surface area contributed by atoms with E-state index in [0.717, 1.165) is 31.7 Å². The summed E-state index contributed by atoms with van der Waals surface area (Å²) in [7, 11) is 0. The number of nitro benzene ring substituents is 1. The number of aliphatic hydroxyl groups is 1. The summed E-state index contributed by atoms with van der Waals surface area (Å²) in [6.07, 6.45) is 5.32. The lowest BCUT2D eigenvalue weighted by atomic mass is 9.93. The maximum Gasteiger partial charge on any atom is 0.272 e. The molecule has 6 heteroatoms. The molecule has 0 spiro atoms. The Morgan fingerprint density at radius 3 is 2.60 bits per heavy atom. The summed E-state index contributed by atoms with van der Waals surface area (Å²) in [5.41, 5.74) is 0.0930. The Bertz CT molecular complexity index is 475. The quantitative estimate of drug-likeness (QED) is 0.666. The number of halogens is 1. The van der Waals surface area contributed by atoms with Crippen molar-refractivity contribution in [1.29, 1.82) is 0 Å². The second-order valence-corrected chi connectivity index (χ2v) is 5.10. The first-order valence-electron chi connectivity index (χ1n) is 6.95. The van der Waals surface area contributed by atoms with Gasteiger partial charge in [0.2, 0.25) is 0 Å². The van der Waals surface area contributed by atoms with E-state index < -0.39 is 10.7 Å². The van der Waals surface area contributed by atoms with Crippen LogP contribution in [-0.4, -0.2) is 29.2 Å². The van der Waals surface area contributed by atoms with Crippen LogP contribution in [0.15, 0.2) is 18.2 Å². The molecular formula is C14H19FN2O3. The number of nitrogens with zero attached hydrogens (tertiary/aromatic N) is 2. The highest BCUT2D eigenvalue weighted by Gasteiger charge is 2.24. The van der Waals surface area contributed by atoms with Crippen LogP contribution in [-0.2, 0) is 0 Å². The van der Waals surface area contributed by atoms with Crippen LogP contribution in [0.2, 0.25) is 0 Å². The van der Waals surface area contributed by atoms with Gasteiger partial charge in [0.1, 0.15) is 0 Å². The fourth-order valence-corrected chi connectivity index (χ4v) is 2.84. The molecular weight excluding hydrogens is 263 g/mol. The molecule has 1 aliphatic carbocycles. The number of aliphatic hydroxyl groups excluding tert-OH is 1. The van der Waals surface area contributed by atoms with Crippen LogP contribution in [0.25, 0.3) is 0 Å².